The van der Waals surface area contributed by atoms with Crippen LogP contribution in [0.2, 0.25) is 0 Å². The van der Waals surface area contributed by atoms with Crippen LogP contribution in [0, 0.1) is 11.3 Å². The lowest BCUT2D eigenvalue weighted by Crippen LogP contribution is -2.38. The number of rotatable bonds is 3. The molecule has 0 aromatic heterocycles. The molecule has 0 bridgehead atoms. The zero-order valence-corrected chi connectivity index (χ0v) is 10.4. The average molecular weight is 210 g/mol. The van der Waals surface area contributed by atoms with Gasteiger partial charge in [-0.2, -0.15) is 0 Å². The van der Waals surface area contributed by atoms with Gasteiger partial charge in [-0.15, -0.1) is 0 Å². The molecule has 1 N–H and O–H groups in total. The summed E-state index contributed by atoms with van der Waals surface area (Å²) in [6.45, 7) is 11.2. The molecule has 1 aliphatic carbocycles. The first-order valence-corrected chi connectivity index (χ1v) is 6.66. The summed E-state index contributed by atoms with van der Waals surface area (Å²) in [5.41, 5.74) is 0.701. The van der Waals surface area contributed by atoms with Crippen molar-refractivity contribution in [1.82, 2.24) is 10.2 Å². The van der Waals surface area contributed by atoms with Gasteiger partial charge in [0.2, 0.25) is 0 Å². The van der Waals surface area contributed by atoms with Crippen LogP contribution in [-0.2, 0) is 0 Å². The standard InChI is InChI=1S/C13H26N2/c1-12(2)13(5-6-13)11-15-9-3-7-14-8-4-10-15/h12,14H,3-11H2,1-2H3. The largest absolute Gasteiger partial charge is 0.317 e. The first-order valence-electron chi connectivity index (χ1n) is 6.66. The molecule has 2 heteroatoms. The monoisotopic (exact) mass is 210 g/mol. The Morgan fingerprint density at radius 3 is 2.20 bits per heavy atom. The SMILES string of the molecule is CC(C)C1(CN2CCCNCCC2)CC1. The van der Waals surface area contributed by atoms with Crippen molar-refractivity contribution in [3.63, 3.8) is 0 Å². The zero-order chi connectivity index (χ0) is 10.7. The van der Waals surface area contributed by atoms with Crippen molar-refractivity contribution >= 4 is 0 Å². The minimum Gasteiger partial charge on any atom is -0.317 e. The first kappa shape index (κ1) is 11.4. The van der Waals surface area contributed by atoms with Crippen LogP contribution in [0.1, 0.15) is 39.5 Å². The summed E-state index contributed by atoms with van der Waals surface area (Å²) in [5, 5.41) is 3.48. The molecule has 1 saturated carbocycles. The van der Waals surface area contributed by atoms with E-state index in [0.717, 1.165) is 5.92 Å². The van der Waals surface area contributed by atoms with Gasteiger partial charge in [-0.3, -0.25) is 0 Å². The average Bonchev–Trinajstić information content (AvgIpc) is 2.90. The van der Waals surface area contributed by atoms with Crippen molar-refractivity contribution in [2.45, 2.75) is 39.5 Å². The molecular formula is C13H26N2. The molecule has 1 aliphatic heterocycles. The highest BCUT2D eigenvalue weighted by molar-refractivity contribution is 4.97. The Morgan fingerprint density at radius 1 is 1.13 bits per heavy atom. The highest BCUT2D eigenvalue weighted by atomic mass is 15.1. The predicted molar refractivity (Wildman–Crippen MR) is 65.0 cm³/mol. The van der Waals surface area contributed by atoms with Crippen molar-refractivity contribution in [2.75, 3.05) is 32.7 Å². The van der Waals surface area contributed by atoms with E-state index in [1.165, 1.54) is 58.4 Å². The topological polar surface area (TPSA) is 15.3 Å². The molecule has 0 amide bonds. The van der Waals surface area contributed by atoms with E-state index >= 15 is 0 Å². The van der Waals surface area contributed by atoms with Gasteiger partial charge in [-0.25, -0.2) is 0 Å². The predicted octanol–water partition coefficient (Wildman–Crippen LogP) is 2.11. The summed E-state index contributed by atoms with van der Waals surface area (Å²) in [5.74, 6) is 0.876. The summed E-state index contributed by atoms with van der Waals surface area (Å²) in [4.78, 5) is 2.72. The fourth-order valence-corrected chi connectivity index (χ4v) is 2.77. The molecule has 1 saturated heterocycles. The lowest BCUT2D eigenvalue weighted by atomic mass is 9.91. The van der Waals surface area contributed by atoms with Gasteiger partial charge in [0.25, 0.3) is 0 Å². The van der Waals surface area contributed by atoms with Crippen LogP contribution in [0.25, 0.3) is 0 Å². The van der Waals surface area contributed by atoms with Crippen molar-refractivity contribution in [3.05, 3.63) is 0 Å². The molecule has 88 valence electrons. The molecule has 0 aromatic rings. The third-order valence-electron chi connectivity index (χ3n) is 4.31. The maximum absolute atomic E-state index is 3.48. The van der Waals surface area contributed by atoms with Gasteiger partial charge < -0.3 is 10.2 Å². The fraction of sp³-hybridized carbons (Fsp3) is 1.00. The van der Waals surface area contributed by atoms with Crippen molar-refractivity contribution < 1.29 is 0 Å². The molecule has 2 aliphatic rings. The van der Waals surface area contributed by atoms with Gasteiger partial charge in [0.05, 0.1) is 0 Å². The van der Waals surface area contributed by atoms with Crippen LogP contribution in [-0.4, -0.2) is 37.6 Å². The number of nitrogens with zero attached hydrogens (tertiary/aromatic N) is 1. The van der Waals surface area contributed by atoms with Gasteiger partial charge in [0.15, 0.2) is 0 Å². The van der Waals surface area contributed by atoms with Crippen LogP contribution in [0.15, 0.2) is 0 Å². The Bertz CT molecular complexity index is 189. The van der Waals surface area contributed by atoms with E-state index in [4.69, 9.17) is 0 Å². The van der Waals surface area contributed by atoms with Gasteiger partial charge in [0, 0.05) is 6.54 Å². The van der Waals surface area contributed by atoms with Crippen molar-refractivity contribution in [2.24, 2.45) is 11.3 Å². The number of hydrogen-bond donors (Lipinski definition) is 1. The minimum absolute atomic E-state index is 0.701. The molecule has 2 rings (SSSR count). The highest BCUT2D eigenvalue weighted by Gasteiger charge is 2.46. The molecule has 0 unspecified atom stereocenters. The van der Waals surface area contributed by atoms with Gasteiger partial charge in [-0.05, 0) is 63.2 Å². The van der Waals surface area contributed by atoms with Gasteiger partial charge in [0.1, 0.15) is 0 Å². The third-order valence-corrected chi connectivity index (χ3v) is 4.31. The minimum atomic E-state index is 0.701. The van der Waals surface area contributed by atoms with Gasteiger partial charge in [-0.1, -0.05) is 13.8 Å². The summed E-state index contributed by atoms with van der Waals surface area (Å²) in [7, 11) is 0. The fourth-order valence-electron chi connectivity index (χ4n) is 2.77. The molecule has 2 nitrogen and oxygen atoms in total. The van der Waals surface area contributed by atoms with Crippen molar-refractivity contribution in [1.29, 1.82) is 0 Å². The van der Waals surface area contributed by atoms with E-state index in [0.29, 0.717) is 5.41 Å². The maximum atomic E-state index is 3.48. The molecule has 0 radical (unpaired) electrons. The Morgan fingerprint density at radius 2 is 1.73 bits per heavy atom. The van der Waals surface area contributed by atoms with Gasteiger partial charge >= 0.3 is 0 Å². The molecule has 1 heterocycles. The summed E-state index contributed by atoms with van der Waals surface area (Å²) >= 11 is 0. The Balaban J connectivity index is 1.81. The van der Waals surface area contributed by atoms with Crippen LogP contribution >= 0.6 is 0 Å². The summed E-state index contributed by atoms with van der Waals surface area (Å²) < 4.78 is 0. The van der Waals surface area contributed by atoms with E-state index in [2.05, 4.69) is 24.1 Å². The molecule has 0 atom stereocenters. The number of hydrogen-bond acceptors (Lipinski definition) is 2. The quantitative estimate of drug-likeness (QED) is 0.767. The lowest BCUT2D eigenvalue weighted by molar-refractivity contribution is 0.176. The smallest absolute Gasteiger partial charge is 0.00404 e. The molecule has 15 heavy (non-hydrogen) atoms. The van der Waals surface area contributed by atoms with E-state index in [1.54, 1.807) is 0 Å². The second-order valence-corrected chi connectivity index (χ2v) is 5.75. The Hall–Kier alpha value is -0.0800. The van der Waals surface area contributed by atoms with E-state index < -0.39 is 0 Å². The van der Waals surface area contributed by atoms with E-state index in [1.807, 2.05) is 0 Å². The summed E-state index contributed by atoms with van der Waals surface area (Å²) in [6.07, 6.45) is 5.60. The maximum Gasteiger partial charge on any atom is 0.00404 e. The first-order chi connectivity index (χ1) is 7.23. The third kappa shape index (κ3) is 2.94. The normalized spacial score (nSPS) is 27.4. The lowest BCUT2D eigenvalue weighted by Gasteiger charge is -2.31. The molecule has 2 fully saturated rings. The van der Waals surface area contributed by atoms with Crippen molar-refractivity contribution in [3.8, 4) is 0 Å². The van der Waals surface area contributed by atoms with Crippen LogP contribution in [0.4, 0.5) is 0 Å². The molecule has 0 aromatic carbocycles. The van der Waals surface area contributed by atoms with E-state index in [-0.39, 0.29) is 0 Å². The van der Waals surface area contributed by atoms with Crippen LogP contribution in [0.5, 0.6) is 0 Å². The second kappa shape index (κ2) is 4.84. The molecule has 0 spiro atoms. The molecular weight excluding hydrogens is 184 g/mol. The second-order valence-electron chi connectivity index (χ2n) is 5.75. The number of nitrogens with one attached hydrogen (secondary N) is 1. The van der Waals surface area contributed by atoms with E-state index in [9.17, 15) is 0 Å². The van der Waals surface area contributed by atoms with Crippen LogP contribution in [0.3, 0.4) is 0 Å². The Labute approximate surface area is 94.4 Å². The van der Waals surface area contributed by atoms with Crippen LogP contribution < -0.4 is 5.32 Å². The zero-order valence-electron chi connectivity index (χ0n) is 10.4. The highest BCUT2D eigenvalue weighted by Crippen LogP contribution is 2.52. The Kier molecular flexibility index (Phi) is 3.68. The summed E-state index contributed by atoms with van der Waals surface area (Å²) in [6, 6.07) is 0.